The summed E-state index contributed by atoms with van der Waals surface area (Å²) in [7, 11) is 0. The Morgan fingerprint density at radius 2 is 1.83 bits per heavy atom. The number of aryl methyl sites for hydroxylation is 2. The maximum Gasteiger partial charge on any atom is 0.255 e. The summed E-state index contributed by atoms with van der Waals surface area (Å²) < 4.78 is 15.7. The van der Waals surface area contributed by atoms with E-state index in [9.17, 15) is 9.18 Å². The summed E-state index contributed by atoms with van der Waals surface area (Å²) in [6, 6.07) is 13.2. The first kappa shape index (κ1) is 16.4. The molecule has 122 valence electrons. The average Bonchev–Trinajstić information content (AvgIpc) is 2.89. The van der Waals surface area contributed by atoms with Gasteiger partial charge in [-0.2, -0.15) is 5.10 Å². The summed E-state index contributed by atoms with van der Waals surface area (Å²) >= 11 is 3.29. The number of carbonyl (C=O) groups is 1. The van der Waals surface area contributed by atoms with Gasteiger partial charge in [-0.05, 0) is 78.3 Å². The van der Waals surface area contributed by atoms with Gasteiger partial charge in [-0.1, -0.05) is 0 Å². The van der Waals surface area contributed by atoms with Crippen LogP contribution in [0.3, 0.4) is 0 Å². The Hall–Kier alpha value is -2.47. The lowest BCUT2D eigenvalue weighted by molar-refractivity contribution is 0.102. The summed E-state index contributed by atoms with van der Waals surface area (Å²) in [6.45, 7) is 3.91. The highest BCUT2D eigenvalue weighted by molar-refractivity contribution is 9.10. The molecule has 0 bridgehead atoms. The van der Waals surface area contributed by atoms with E-state index in [1.165, 1.54) is 12.1 Å². The molecule has 2 aromatic carbocycles. The van der Waals surface area contributed by atoms with Gasteiger partial charge in [0.2, 0.25) is 0 Å². The smallest absolute Gasteiger partial charge is 0.255 e. The lowest BCUT2D eigenvalue weighted by atomic mass is 10.2. The first-order chi connectivity index (χ1) is 11.4. The summed E-state index contributed by atoms with van der Waals surface area (Å²) in [5, 5.41) is 7.11. The molecule has 0 aliphatic heterocycles. The number of amides is 1. The molecule has 0 radical (unpaired) electrons. The molecule has 0 saturated heterocycles. The fourth-order valence-electron chi connectivity index (χ4n) is 2.43. The number of anilines is 1. The number of aromatic nitrogens is 2. The minimum atomic E-state index is -0.409. The Bertz CT molecular complexity index is 903. The first-order valence-electron chi connectivity index (χ1n) is 7.34. The second-order valence-electron chi connectivity index (χ2n) is 5.46. The van der Waals surface area contributed by atoms with Crippen LogP contribution in [0.4, 0.5) is 10.1 Å². The van der Waals surface area contributed by atoms with Crippen molar-refractivity contribution >= 4 is 27.5 Å². The highest BCUT2D eigenvalue weighted by Gasteiger charge is 2.10. The van der Waals surface area contributed by atoms with Crippen molar-refractivity contribution in [1.29, 1.82) is 0 Å². The zero-order valence-corrected chi connectivity index (χ0v) is 14.8. The summed E-state index contributed by atoms with van der Waals surface area (Å²) in [5.74, 6) is -0.713. The number of nitrogens with zero attached hydrogens (tertiary/aromatic N) is 2. The van der Waals surface area contributed by atoms with Crippen LogP contribution in [0.1, 0.15) is 21.7 Å². The van der Waals surface area contributed by atoms with Crippen LogP contribution in [0.15, 0.2) is 53.0 Å². The van der Waals surface area contributed by atoms with Gasteiger partial charge in [0.15, 0.2) is 0 Å². The van der Waals surface area contributed by atoms with Gasteiger partial charge in [0, 0.05) is 15.7 Å². The average molecular weight is 388 g/mol. The van der Waals surface area contributed by atoms with Crippen molar-refractivity contribution in [3.63, 3.8) is 0 Å². The lowest BCUT2D eigenvalue weighted by Crippen LogP contribution is -2.12. The zero-order valence-electron chi connectivity index (χ0n) is 13.2. The lowest BCUT2D eigenvalue weighted by Gasteiger charge is -2.09. The standard InChI is InChI=1S/C18H15BrFN3O/c1-11-9-12(2)23(22-11)15-6-3-13(4-7-15)18(24)21-17-10-14(20)5-8-16(17)19/h3-10H,1-2H3,(H,21,24). The van der Waals surface area contributed by atoms with Gasteiger partial charge in [0.05, 0.1) is 17.1 Å². The molecular formula is C18H15BrFN3O. The van der Waals surface area contributed by atoms with Crippen molar-refractivity contribution < 1.29 is 9.18 Å². The van der Waals surface area contributed by atoms with Crippen LogP contribution in [0.5, 0.6) is 0 Å². The molecular weight excluding hydrogens is 373 g/mol. The van der Waals surface area contributed by atoms with Crippen molar-refractivity contribution in [3.8, 4) is 5.69 Å². The predicted octanol–water partition coefficient (Wildman–Crippen LogP) is 4.64. The van der Waals surface area contributed by atoms with Crippen molar-refractivity contribution in [2.45, 2.75) is 13.8 Å². The highest BCUT2D eigenvalue weighted by Crippen LogP contribution is 2.24. The highest BCUT2D eigenvalue weighted by atomic mass is 79.9. The summed E-state index contributed by atoms with van der Waals surface area (Å²) in [5.41, 5.74) is 3.71. The second kappa shape index (κ2) is 6.57. The molecule has 1 heterocycles. The SMILES string of the molecule is Cc1cc(C)n(-c2ccc(C(=O)Nc3cc(F)ccc3Br)cc2)n1. The molecule has 3 rings (SSSR count). The molecule has 0 unspecified atom stereocenters. The molecule has 1 aromatic heterocycles. The molecule has 24 heavy (non-hydrogen) atoms. The molecule has 0 spiro atoms. The molecule has 0 aliphatic rings. The van der Waals surface area contributed by atoms with E-state index in [4.69, 9.17) is 0 Å². The van der Waals surface area contributed by atoms with Crippen molar-refractivity contribution in [2.75, 3.05) is 5.32 Å². The van der Waals surface area contributed by atoms with Crippen LogP contribution in [0, 0.1) is 19.7 Å². The second-order valence-corrected chi connectivity index (χ2v) is 6.32. The molecule has 3 aromatic rings. The van der Waals surface area contributed by atoms with E-state index in [-0.39, 0.29) is 5.91 Å². The maximum atomic E-state index is 13.3. The number of rotatable bonds is 3. The Labute approximate surface area is 147 Å². The third-order valence-electron chi connectivity index (χ3n) is 3.56. The first-order valence-corrected chi connectivity index (χ1v) is 8.13. The van der Waals surface area contributed by atoms with Gasteiger partial charge in [-0.3, -0.25) is 4.79 Å². The number of hydrogen-bond donors (Lipinski definition) is 1. The van der Waals surface area contributed by atoms with Crippen LogP contribution in [0.25, 0.3) is 5.69 Å². The quantitative estimate of drug-likeness (QED) is 0.711. The van der Waals surface area contributed by atoms with Gasteiger partial charge in [0.25, 0.3) is 5.91 Å². The van der Waals surface area contributed by atoms with E-state index in [2.05, 4.69) is 26.3 Å². The summed E-state index contributed by atoms with van der Waals surface area (Å²) in [6.07, 6.45) is 0. The van der Waals surface area contributed by atoms with E-state index in [1.54, 1.807) is 18.2 Å². The molecule has 0 saturated carbocycles. The maximum absolute atomic E-state index is 13.3. The molecule has 1 amide bonds. The van der Waals surface area contributed by atoms with E-state index in [0.717, 1.165) is 17.1 Å². The predicted molar refractivity (Wildman–Crippen MR) is 95.1 cm³/mol. The monoisotopic (exact) mass is 387 g/mol. The number of halogens is 2. The summed E-state index contributed by atoms with van der Waals surface area (Å²) in [4.78, 5) is 12.3. The van der Waals surface area contributed by atoms with Crippen LogP contribution in [-0.2, 0) is 0 Å². The van der Waals surface area contributed by atoms with Gasteiger partial charge in [0.1, 0.15) is 5.82 Å². The third-order valence-corrected chi connectivity index (χ3v) is 4.25. The molecule has 0 fully saturated rings. The number of nitrogens with one attached hydrogen (secondary N) is 1. The largest absolute Gasteiger partial charge is 0.321 e. The fraction of sp³-hybridized carbons (Fsp3) is 0.111. The third kappa shape index (κ3) is 3.38. The molecule has 4 nitrogen and oxygen atoms in total. The zero-order chi connectivity index (χ0) is 17.3. The number of carbonyl (C=O) groups excluding carboxylic acids is 1. The van der Waals surface area contributed by atoms with Gasteiger partial charge < -0.3 is 5.32 Å². The Balaban J connectivity index is 1.81. The van der Waals surface area contributed by atoms with Crippen molar-refractivity contribution in [2.24, 2.45) is 0 Å². The van der Waals surface area contributed by atoms with E-state index >= 15 is 0 Å². The van der Waals surface area contributed by atoms with Crippen molar-refractivity contribution in [3.05, 3.63) is 75.8 Å². The van der Waals surface area contributed by atoms with Crippen LogP contribution in [-0.4, -0.2) is 15.7 Å². The van der Waals surface area contributed by atoms with Gasteiger partial charge in [-0.25, -0.2) is 9.07 Å². The van der Waals surface area contributed by atoms with Crippen LogP contribution >= 0.6 is 15.9 Å². The topological polar surface area (TPSA) is 46.9 Å². The van der Waals surface area contributed by atoms with Gasteiger partial charge >= 0.3 is 0 Å². The van der Waals surface area contributed by atoms with Crippen LogP contribution < -0.4 is 5.32 Å². The van der Waals surface area contributed by atoms with E-state index in [0.29, 0.717) is 15.7 Å². The van der Waals surface area contributed by atoms with Crippen molar-refractivity contribution in [1.82, 2.24) is 9.78 Å². The minimum Gasteiger partial charge on any atom is -0.321 e. The normalized spacial score (nSPS) is 10.7. The molecule has 6 heteroatoms. The Morgan fingerprint density at radius 3 is 2.46 bits per heavy atom. The van der Waals surface area contributed by atoms with E-state index in [1.807, 2.05) is 36.7 Å². The minimum absolute atomic E-state index is 0.304. The Kier molecular flexibility index (Phi) is 4.49. The number of hydrogen-bond acceptors (Lipinski definition) is 2. The Morgan fingerprint density at radius 1 is 1.12 bits per heavy atom. The van der Waals surface area contributed by atoms with E-state index < -0.39 is 5.82 Å². The molecule has 0 atom stereocenters. The molecule has 0 aliphatic carbocycles. The fourth-order valence-corrected chi connectivity index (χ4v) is 2.78. The number of benzene rings is 2. The molecule has 1 N–H and O–H groups in total. The van der Waals surface area contributed by atoms with Crippen LogP contribution in [0.2, 0.25) is 0 Å². The van der Waals surface area contributed by atoms with Gasteiger partial charge in [-0.15, -0.1) is 0 Å².